The lowest BCUT2D eigenvalue weighted by Crippen LogP contribution is -2.16. The largest absolute Gasteiger partial charge is 0.335 e. The molecular weight excluding hydrogens is 368 g/mol. The highest BCUT2D eigenvalue weighted by Crippen LogP contribution is 2.45. The molecule has 0 bridgehead atoms. The Morgan fingerprint density at radius 2 is 1.89 bits per heavy atom. The lowest BCUT2D eigenvalue weighted by Gasteiger charge is -2.17. The van der Waals surface area contributed by atoms with E-state index in [0.717, 1.165) is 28.8 Å². The minimum absolute atomic E-state index is 0.656. The van der Waals surface area contributed by atoms with Gasteiger partial charge in [0.2, 0.25) is 5.82 Å². The molecule has 1 aliphatic rings. The molecule has 0 fully saturated rings. The Hall–Kier alpha value is -3.19. The van der Waals surface area contributed by atoms with Gasteiger partial charge in [0, 0.05) is 22.9 Å². The van der Waals surface area contributed by atoms with Crippen molar-refractivity contribution >= 4 is 29.2 Å². The Bertz CT molecular complexity index is 1240. The van der Waals surface area contributed by atoms with Gasteiger partial charge in [-0.2, -0.15) is 9.61 Å². The van der Waals surface area contributed by atoms with Crippen LogP contribution in [-0.4, -0.2) is 31.3 Å². The van der Waals surface area contributed by atoms with Crippen molar-refractivity contribution in [3.05, 3.63) is 70.7 Å². The van der Waals surface area contributed by atoms with Crippen LogP contribution in [0.2, 0.25) is 0 Å². The predicted octanol–water partition coefficient (Wildman–Crippen LogP) is 3.47. The molecule has 0 unspecified atom stereocenters. The number of hydrogen-bond acceptors (Lipinski definition) is 6. The van der Waals surface area contributed by atoms with Crippen LogP contribution in [0.3, 0.4) is 0 Å². The van der Waals surface area contributed by atoms with Crippen molar-refractivity contribution in [3.8, 4) is 11.5 Å². The fourth-order valence-electron chi connectivity index (χ4n) is 3.42. The summed E-state index contributed by atoms with van der Waals surface area (Å²) in [6.07, 6.45) is 5.98. The number of fused-ring (bicyclic) bond motifs is 2. The highest BCUT2D eigenvalue weighted by atomic mass is 32.2. The molecule has 1 aromatic carbocycles. The van der Waals surface area contributed by atoms with Gasteiger partial charge in [0.15, 0.2) is 5.65 Å². The molecule has 1 aliphatic heterocycles. The first kappa shape index (κ1) is 16.9. The van der Waals surface area contributed by atoms with Gasteiger partial charge in [-0.1, -0.05) is 30.0 Å². The second kappa shape index (κ2) is 6.76. The monoisotopic (exact) mass is 386 g/mol. The Balaban J connectivity index is 1.59. The number of aromatic nitrogens is 5. The molecule has 3 aromatic heterocycles. The third-order valence-electron chi connectivity index (χ3n) is 4.76. The highest BCUT2D eigenvalue weighted by molar-refractivity contribution is 8.03. The molecule has 28 heavy (non-hydrogen) atoms. The van der Waals surface area contributed by atoms with E-state index in [1.807, 2.05) is 25.1 Å². The SMILES string of the molecule is CCN1C(=CC=c2c(C)nn3c(-c4ccccn4)nnc23)Sc2ccccc21. The molecular formula is C21H18N6S. The molecule has 0 aliphatic carbocycles. The van der Waals surface area contributed by atoms with Crippen LogP contribution in [0.4, 0.5) is 5.69 Å². The second-order valence-corrected chi connectivity index (χ2v) is 7.52. The normalized spacial score (nSPS) is 15.7. The van der Waals surface area contributed by atoms with Gasteiger partial charge < -0.3 is 4.90 Å². The molecule has 0 amide bonds. The van der Waals surface area contributed by atoms with Crippen molar-refractivity contribution in [2.45, 2.75) is 18.7 Å². The molecule has 7 heteroatoms. The number of rotatable bonds is 3. The summed E-state index contributed by atoms with van der Waals surface area (Å²) in [6, 6.07) is 14.2. The molecule has 0 saturated carbocycles. The van der Waals surface area contributed by atoms with Crippen LogP contribution in [0.25, 0.3) is 23.2 Å². The maximum absolute atomic E-state index is 4.64. The van der Waals surface area contributed by atoms with E-state index in [2.05, 4.69) is 68.5 Å². The van der Waals surface area contributed by atoms with Crippen molar-refractivity contribution in [1.29, 1.82) is 0 Å². The fraction of sp³-hybridized carbons (Fsp3) is 0.143. The average Bonchev–Trinajstić information content (AvgIpc) is 3.38. The van der Waals surface area contributed by atoms with Crippen molar-refractivity contribution in [3.63, 3.8) is 0 Å². The molecule has 4 heterocycles. The minimum Gasteiger partial charge on any atom is -0.335 e. The molecule has 138 valence electrons. The molecule has 4 aromatic rings. The summed E-state index contributed by atoms with van der Waals surface area (Å²) < 4.78 is 1.77. The number of para-hydroxylation sites is 1. The van der Waals surface area contributed by atoms with E-state index in [-0.39, 0.29) is 0 Å². The summed E-state index contributed by atoms with van der Waals surface area (Å²) in [7, 11) is 0. The van der Waals surface area contributed by atoms with E-state index in [1.54, 1.807) is 22.5 Å². The first-order valence-electron chi connectivity index (χ1n) is 9.16. The van der Waals surface area contributed by atoms with E-state index in [0.29, 0.717) is 5.82 Å². The van der Waals surface area contributed by atoms with Gasteiger partial charge >= 0.3 is 0 Å². The summed E-state index contributed by atoms with van der Waals surface area (Å²) in [4.78, 5) is 7.97. The van der Waals surface area contributed by atoms with Gasteiger partial charge in [-0.25, -0.2) is 0 Å². The van der Waals surface area contributed by atoms with Crippen molar-refractivity contribution in [1.82, 2.24) is 24.8 Å². The van der Waals surface area contributed by atoms with E-state index in [9.17, 15) is 0 Å². The quantitative estimate of drug-likeness (QED) is 0.537. The summed E-state index contributed by atoms with van der Waals surface area (Å²) in [6.45, 7) is 5.09. The molecule has 0 N–H and O–H groups in total. The molecule has 0 radical (unpaired) electrons. The molecule has 6 nitrogen and oxygen atoms in total. The second-order valence-electron chi connectivity index (χ2n) is 6.46. The predicted molar refractivity (Wildman–Crippen MR) is 112 cm³/mol. The number of benzene rings is 1. The average molecular weight is 386 g/mol. The zero-order chi connectivity index (χ0) is 19.1. The number of aryl methyl sites for hydroxylation is 1. The van der Waals surface area contributed by atoms with Crippen LogP contribution >= 0.6 is 11.8 Å². The Kier molecular flexibility index (Phi) is 4.09. The minimum atomic E-state index is 0.656. The highest BCUT2D eigenvalue weighted by Gasteiger charge is 2.22. The van der Waals surface area contributed by atoms with E-state index in [1.165, 1.54) is 15.6 Å². The lowest BCUT2D eigenvalue weighted by atomic mass is 10.3. The number of thioether (sulfide) groups is 1. The van der Waals surface area contributed by atoms with Crippen LogP contribution in [0.5, 0.6) is 0 Å². The lowest BCUT2D eigenvalue weighted by molar-refractivity contribution is 0.930. The van der Waals surface area contributed by atoms with E-state index < -0.39 is 0 Å². The van der Waals surface area contributed by atoms with E-state index >= 15 is 0 Å². The van der Waals surface area contributed by atoms with Crippen LogP contribution in [0.15, 0.2) is 64.7 Å². The van der Waals surface area contributed by atoms with Gasteiger partial charge in [0.1, 0.15) is 5.69 Å². The number of hydrogen-bond donors (Lipinski definition) is 0. The first-order valence-corrected chi connectivity index (χ1v) is 9.97. The summed E-state index contributed by atoms with van der Waals surface area (Å²) in [5.41, 5.74) is 3.69. The van der Waals surface area contributed by atoms with Crippen molar-refractivity contribution < 1.29 is 0 Å². The van der Waals surface area contributed by atoms with Gasteiger partial charge in [-0.05, 0) is 50.3 Å². The summed E-state index contributed by atoms with van der Waals surface area (Å²) in [5, 5.41) is 15.5. The van der Waals surface area contributed by atoms with Gasteiger partial charge in [-0.3, -0.25) is 4.98 Å². The standard InChI is InChI=1S/C21H18N6S/c1-3-26-17-9-4-5-10-18(17)28-19(26)12-11-15-14(2)25-27-20(15)23-24-21(27)16-8-6-7-13-22-16/h4-13H,3H2,1-2H3. The first-order chi connectivity index (χ1) is 13.8. The Morgan fingerprint density at radius 3 is 2.71 bits per heavy atom. The van der Waals surface area contributed by atoms with Gasteiger partial charge in [-0.15, -0.1) is 10.2 Å². The van der Waals surface area contributed by atoms with Gasteiger partial charge in [0.05, 0.1) is 16.4 Å². The van der Waals surface area contributed by atoms with Crippen LogP contribution < -0.4 is 10.1 Å². The number of anilines is 1. The van der Waals surface area contributed by atoms with Crippen molar-refractivity contribution in [2.24, 2.45) is 0 Å². The number of pyridine rings is 1. The number of allylic oxidation sites excluding steroid dienone is 1. The maximum atomic E-state index is 4.64. The fourth-order valence-corrected chi connectivity index (χ4v) is 4.54. The molecule has 0 spiro atoms. The zero-order valence-electron chi connectivity index (χ0n) is 15.6. The Labute approximate surface area is 166 Å². The Morgan fingerprint density at radius 1 is 1.04 bits per heavy atom. The van der Waals surface area contributed by atoms with E-state index in [4.69, 9.17) is 0 Å². The molecule has 5 rings (SSSR count). The summed E-state index contributed by atoms with van der Waals surface area (Å²) >= 11 is 1.79. The zero-order valence-corrected chi connectivity index (χ0v) is 16.4. The van der Waals surface area contributed by atoms with Gasteiger partial charge in [0.25, 0.3) is 0 Å². The van der Waals surface area contributed by atoms with Crippen LogP contribution in [0.1, 0.15) is 12.6 Å². The maximum Gasteiger partial charge on any atom is 0.203 e. The topological polar surface area (TPSA) is 59.2 Å². The van der Waals surface area contributed by atoms with Crippen molar-refractivity contribution in [2.75, 3.05) is 11.4 Å². The smallest absolute Gasteiger partial charge is 0.203 e. The molecule has 0 atom stereocenters. The van der Waals surface area contributed by atoms with Crippen LogP contribution in [0, 0.1) is 6.92 Å². The third kappa shape index (κ3) is 2.66. The third-order valence-corrected chi connectivity index (χ3v) is 5.89. The summed E-state index contributed by atoms with van der Waals surface area (Å²) in [5.74, 6) is 0.656. The molecule has 0 saturated heterocycles. The number of nitrogens with zero attached hydrogens (tertiary/aromatic N) is 6. The van der Waals surface area contributed by atoms with Crippen LogP contribution in [-0.2, 0) is 0 Å².